The number of halogens is 4. The van der Waals surface area contributed by atoms with Gasteiger partial charge in [0, 0.05) is 16.1 Å². The van der Waals surface area contributed by atoms with Crippen molar-refractivity contribution in [3.8, 4) is 0 Å². The van der Waals surface area contributed by atoms with E-state index in [-0.39, 0.29) is 11.1 Å². The summed E-state index contributed by atoms with van der Waals surface area (Å²) < 4.78 is 47.6. The van der Waals surface area contributed by atoms with Crippen LogP contribution in [0, 0.1) is 11.8 Å². The summed E-state index contributed by atoms with van der Waals surface area (Å²) >= 11 is 5.99. The first-order chi connectivity index (χ1) is 17.6. The third-order valence-electron chi connectivity index (χ3n) is 7.17. The zero-order chi connectivity index (χ0) is 26.3. The van der Waals surface area contributed by atoms with Crippen LogP contribution in [0.4, 0.5) is 18.9 Å². The molecule has 3 aromatic rings. The predicted molar refractivity (Wildman–Crippen MR) is 124 cm³/mol. The molecule has 3 aliphatic rings. The smallest absolute Gasteiger partial charge is 0.349 e. The Labute approximate surface area is 212 Å². The lowest BCUT2D eigenvalue weighted by atomic mass is 9.77. The Morgan fingerprint density at radius 1 is 0.784 bits per heavy atom. The number of nitrogens with zero attached hydrogens (tertiary/aromatic N) is 1. The number of amides is 2. The monoisotopic (exact) mass is 525 g/mol. The summed E-state index contributed by atoms with van der Waals surface area (Å²) in [5.41, 5.74) is -3.84. The Bertz CT molecular complexity index is 1480. The predicted octanol–water partition coefficient (Wildman–Crippen LogP) is 5.05. The summed E-state index contributed by atoms with van der Waals surface area (Å²) in [4.78, 5) is 55.4. The van der Waals surface area contributed by atoms with Crippen LogP contribution in [0.5, 0.6) is 0 Å². The zero-order valence-electron chi connectivity index (χ0n) is 18.7. The first-order valence-corrected chi connectivity index (χ1v) is 11.6. The molecular formula is C27H15ClF3NO5. The van der Waals surface area contributed by atoms with Crippen LogP contribution in [0.25, 0.3) is 0 Å². The van der Waals surface area contributed by atoms with Gasteiger partial charge in [-0.05, 0) is 29.8 Å². The normalized spacial score (nSPS) is 24.2. The molecule has 3 atom stereocenters. The minimum absolute atomic E-state index is 0.0254. The van der Waals surface area contributed by atoms with Gasteiger partial charge in [0.2, 0.25) is 29.0 Å². The fraction of sp³-hybridized carbons (Fsp3) is 0.185. The Morgan fingerprint density at radius 2 is 1.35 bits per heavy atom. The minimum Gasteiger partial charge on any atom is -0.349 e. The summed E-state index contributed by atoms with van der Waals surface area (Å²) in [7, 11) is 0. The summed E-state index contributed by atoms with van der Waals surface area (Å²) in [5.74, 6) is -6.76. The second-order valence-electron chi connectivity index (χ2n) is 9.06. The van der Waals surface area contributed by atoms with E-state index >= 15 is 0 Å². The number of ether oxygens (including phenoxy) is 1. The summed E-state index contributed by atoms with van der Waals surface area (Å²) in [6, 6.07) is 16.1. The standard InChI is InChI=1S/C27H15ClF3NO5/c28-14-11-9-13(10-12-14)21-19-20(26(37-21)22(33)15-5-1-2-6-16(15)23(26)34)25(36)32(24(19)35)18-8-4-3-7-17(18)27(29,30)31/h1-12,19-21H/t19-,20+,21+/m0/s1. The van der Waals surface area contributed by atoms with E-state index in [9.17, 15) is 32.3 Å². The van der Waals surface area contributed by atoms with Crippen LogP contribution in [-0.4, -0.2) is 29.0 Å². The molecule has 0 unspecified atom stereocenters. The first-order valence-electron chi connectivity index (χ1n) is 11.2. The van der Waals surface area contributed by atoms with Crippen LogP contribution >= 0.6 is 11.6 Å². The fourth-order valence-corrected chi connectivity index (χ4v) is 5.74. The SMILES string of the molecule is O=C1[C@@H]2[C@@H](c3ccc(Cl)cc3)OC3(C(=O)c4ccccc4C3=O)[C@H]2C(=O)N1c1ccccc1C(F)(F)F. The first kappa shape index (κ1) is 23.6. The number of alkyl halides is 3. The van der Waals surface area contributed by atoms with E-state index in [1.165, 1.54) is 42.5 Å². The molecule has 0 aromatic heterocycles. The zero-order valence-corrected chi connectivity index (χ0v) is 19.4. The highest BCUT2D eigenvalue weighted by Gasteiger charge is 2.75. The Kier molecular flexibility index (Phi) is 4.99. The number of carbonyl (C=O) groups is 4. The lowest BCUT2D eigenvalue weighted by Gasteiger charge is -2.28. The van der Waals surface area contributed by atoms with Gasteiger partial charge in [-0.3, -0.25) is 19.2 Å². The average Bonchev–Trinajstić information content (AvgIpc) is 3.44. The molecule has 0 radical (unpaired) electrons. The molecule has 186 valence electrons. The van der Waals surface area contributed by atoms with E-state index < -0.39 is 64.3 Å². The molecule has 2 fully saturated rings. The summed E-state index contributed by atoms with van der Waals surface area (Å²) in [6.45, 7) is 0. The summed E-state index contributed by atoms with van der Waals surface area (Å²) in [5, 5.41) is 0.364. The van der Waals surface area contributed by atoms with Gasteiger partial charge < -0.3 is 4.74 Å². The topological polar surface area (TPSA) is 80.8 Å². The van der Waals surface area contributed by atoms with E-state index in [1.54, 1.807) is 12.1 Å². The van der Waals surface area contributed by atoms with Crippen LogP contribution in [0.3, 0.4) is 0 Å². The maximum atomic E-state index is 13.8. The van der Waals surface area contributed by atoms with Crippen molar-refractivity contribution in [2.24, 2.45) is 11.8 Å². The minimum atomic E-state index is -4.87. The second-order valence-corrected chi connectivity index (χ2v) is 9.50. The number of anilines is 1. The van der Waals surface area contributed by atoms with E-state index in [2.05, 4.69) is 0 Å². The fourth-order valence-electron chi connectivity index (χ4n) is 5.62. The average molecular weight is 526 g/mol. The van der Waals surface area contributed by atoms with Gasteiger partial charge in [-0.1, -0.05) is 60.1 Å². The molecule has 3 aromatic carbocycles. The van der Waals surface area contributed by atoms with Gasteiger partial charge in [0.1, 0.15) is 0 Å². The largest absolute Gasteiger partial charge is 0.418 e. The maximum Gasteiger partial charge on any atom is 0.418 e. The number of ketones is 2. The highest BCUT2D eigenvalue weighted by Crippen LogP contribution is 2.58. The number of para-hydroxylation sites is 1. The number of rotatable bonds is 2. The van der Waals surface area contributed by atoms with Gasteiger partial charge in [0.25, 0.3) is 0 Å². The van der Waals surface area contributed by atoms with Gasteiger partial charge >= 0.3 is 6.18 Å². The highest BCUT2D eigenvalue weighted by molar-refractivity contribution is 6.37. The van der Waals surface area contributed by atoms with Crippen LogP contribution in [0.2, 0.25) is 5.02 Å². The van der Waals surface area contributed by atoms with Crippen LogP contribution in [0.15, 0.2) is 72.8 Å². The molecule has 2 amide bonds. The van der Waals surface area contributed by atoms with Gasteiger partial charge in [0.05, 0.1) is 29.2 Å². The molecule has 0 saturated carbocycles. The quantitative estimate of drug-likeness (QED) is 0.345. The van der Waals surface area contributed by atoms with Gasteiger partial charge in [-0.2, -0.15) is 13.2 Å². The van der Waals surface area contributed by atoms with Gasteiger partial charge in [0.15, 0.2) is 0 Å². The molecule has 0 bridgehead atoms. The number of benzene rings is 3. The highest BCUT2D eigenvalue weighted by atomic mass is 35.5. The molecule has 1 aliphatic carbocycles. The van der Waals surface area contributed by atoms with Crippen molar-refractivity contribution in [1.82, 2.24) is 0 Å². The third-order valence-corrected chi connectivity index (χ3v) is 7.42. The molecule has 1 spiro atoms. The molecule has 6 rings (SSSR count). The van der Waals surface area contributed by atoms with Gasteiger partial charge in [-0.25, -0.2) is 4.90 Å². The third kappa shape index (κ3) is 3.10. The number of fused-ring (bicyclic) bond motifs is 3. The van der Waals surface area contributed by atoms with Crippen molar-refractivity contribution < 1.29 is 37.1 Å². The van der Waals surface area contributed by atoms with Crippen molar-refractivity contribution in [2.45, 2.75) is 17.9 Å². The molecule has 37 heavy (non-hydrogen) atoms. The molecule has 2 aliphatic heterocycles. The lowest BCUT2D eigenvalue weighted by molar-refractivity contribution is -0.137. The number of carbonyl (C=O) groups excluding carboxylic acids is 4. The molecule has 2 heterocycles. The molecule has 0 N–H and O–H groups in total. The Morgan fingerprint density at radius 3 is 1.95 bits per heavy atom. The second kappa shape index (κ2) is 7.84. The van der Waals surface area contributed by atoms with Crippen molar-refractivity contribution in [1.29, 1.82) is 0 Å². The molecule has 2 saturated heterocycles. The van der Waals surface area contributed by atoms with Crippen LogP contribution < -0.4 is 4.90 Å². The van der Waals surface area contributed by atoms with E-state index in [0.29, 0.717) is 15.5 Å². The lowest BCUT2D eigenvalue weighted by Crippen LogP contribution is -2.51. The van der Waals surface area contributed by atoms with Crippen molar-refractivity contribution in [3.05, 3.63) is 100 Å². The summed E-state index contributed by atoms with van der Waals surface area (Å²) in [6.07, 6.45) is -6.13. The Balaban J connectivity index is 1.56. The number of imide groups is 1. The van der Waals surface area contributed by atoms with E-state index in [4.69, 9.17) is 16.3 Å². The van der Waals surface area contributed by atoms with Crippen LogP contribution in [0.1, 0.15) is 37.9 Å². The Hall–Kier alpha value is -3.82. The van der Waals surface area contributed by atoms with Crippen LogP contribution in [-0.2, 0) is 20.5 Å². The van der Waals surface area contributed by atoms with Crippen molar-refractivity contribution in [3.63, 3.8) is 0 Å². The van der Waals surface area contributed by atoms with Crippen molar-refractivity contribution in [2.75, 3.05) is 4.90 Å². The molecule has 10 heteroatoms. The molecular weight excluding hydrogens is 511 g/mol. The number of hydrogen-bond donors (Lipinski definition) is 0. The van der Waals surface area contributed by atoms with E-state index in [0.717, 1.165) is 18.2 Å². The maximum absolute atomic E-state index is 13.8. The van der Waals surface area contributed by atoms with Crippen molar-refractivity contribution >= 4 is 40.7 Å². The van der Waals surface area contributed by atoms with Gasteiger partial charge in [-0.15, -0.1) is 0 Å². The number of Topliss-reactive ketones (excluding diaryl/α,β-unsaturated/α-hetero) is 2. The van der Waals surface area contributed by atoms with E-state index in [1.807, 2.05) is 0 Å². The molecule has 6 nitrogen and oxygen atoms in total. The number of hydrogen-bond acceptors (Lipinski definition) is 5.